The summed E-state index contributed by atoms with van der Waals surface area (Å²) >= 11 is 6.39. The minimum Gasteiger partial charge on any atom is -0.166 e. The molecule has 0 aliphatic heterocycles. The molecule has 0 saturated heterocycles. The molecule has 0 rings (SSSR count). The van der Waals surface area contributed by atoms with Crippen LogP contribution >= 0.6 is 11.1 Å². The van der Waals surface area contributed by atoms with Crippen LogP contribution in [0.1, 0.15) is 34.6 Å². The molecule has 2 heteroatoms. The predicted molar refractivity (Wildman–Crippen MR) is 61.2 cm³/mol. The molecule has 0 amide bonds. The third kappa shape index (κ3) is 3.77. The maximum Gasteiger partial charge on any atom is 0.167 e. The van der Waals surface area contributed by atoms with Gasteiger partial charge in [0.1, 0.15) is 0 Å². The van der Waals surface area contributed by atoms with Gasteiger partial charge in [0.05, 0.1) is 0 Å². The summed E-state index contributed by atoms with van der Waals surface area (Å²) in [5, 5.41) is 0. The van der Waals surface area contributed by atoms with Gasteiger partial charge in [-0.1, -0.05) is 39.5 Å². The van der Waals surface area contributed by atoms with Crippen molar-refractivity contribution in [2.75, 3.05) is 0 Å². The van der Waals surface area contributed by atoms with Crippen LogP contribution in [0.5, 0.6) is 0 Å². The monoisotopic (exact) mass is 204 g/mol. The molecule has 72 valence electrons. The number of allylic oxidation sites excluding steroid dienone is 1. The highest BCUT2D eigenvalue weighted by atomic mass is 35.6. The third-order valence-electron chi connectivity index (χ3n) is 2.28. The van der Waals surface area contributed by atoms with E-state index in [-0.39, 0.29) is 0 Å². The van der Waals surface area contributed by atoms with Crippen LogP contribution in [0, 0.1) is 11.8 Å². The zero-order chi connectivity index (χ0) is 9.72. The second-order valence-corrected chi connectivity index (χ2v) is 7.59. The van der Waals surface area contributed by atoms with E-state index in [4.69, 9.17) is 11.1 Å². The Morgan fingerprint density at radius 2 is 1.50 bits per heavy atom. The van der Waals surface area contributed by atoms with Crippen LogP contribution in [0.4, 0.5) is 0 Å². The molecule has 0 aromatic rings. The van der Waals surface area contributed by atoms with Crippen molar-refractivity contribution in [1.29, 1.82) is 0 Å². The zero-order valence-corrected chi connectivity index (χ0v) is 10.8. The molecular weight excluding hydrogens is 184 g/mol. The molecule has 1 atom stereocenters. The highest BCUT2D eigenvalue weighted by Crippen LogP contribution is 2.32. The van der Waals surface area contributed by atoms with Gasteiger partial charge >= 0.3 is 0 Å². The molecule has 0 saturated carbocycles. The molecule has 0 heterocycles. The normalized spacial score (nSPS) is 15.4. The number of halogens is 1. The fraction of sp³-hybridized carbons (Fsp3) is 0.800. The maximum atomic E-state index is 6.39. The molecule has 0 aliphatic carbocycles. The first-order valence-corrected chi connectivity index (χ1v) is 7.85. The van der Waals surface area contributed by atoms with Gasteiger partial charge in [0.2, 0.25) is 0 Å². The molecule has 1 unspecified atom stereocenters. The van der Waals surface area contributed by atoms with E-state index in [1.165, 1.54) is 0 Å². The first-order valence-electron chi connectivity index (χ1n) is 4.77. The van der Waals surface area contributed by atoms with Crippen molar-refractivity contribution < 1.29 is 0 Å². The summed E-state index contributed by atoms with van der Waals surface area (Å²) in [6.07, 6.45) is 2.10. The highest BCUT2D eigenvalue weighted by Gasteiger charge is 2.24. The van der Waals surface area contributed by atoms with Gasteiger partial charge in [-0.05, 0) is 24.3 Å². The Balaban J connectivity index is 4.29. The Morgan fingerprint density at radius 3 is 1.75 bits per heavy atom. The van der Waals surface area contributed by atoms with Crippen molar-refractivity contribution in [3.63, 3.8) is 0 Å². The minimum absolute atomic E-state index is 0.718. The molecule has 0 aliphatic rings. The smallest absolute Gasteiger partial charge is 0.166 e. The maximum absolute atomic E-state index is 6.39. The quantitative estimate of drug-likeness (QED) is 0.484. The van der Waals surface area contributed by atoms with Crippen molar-refractivity contribution in [2.45, 2.75) is 40.2 Å². The molecule has 0 N–H and O–H groups in total. The lowest BCUT2D eigenvalue weighted by molar-refractivity contribution is 0.464. The summed E-state index contributed by atoms with van der Waals surface area (Å²) in [5.74, 6) is 1.44. The summed E-state index contributed by atoms with van der Waals surface area (Å²) < 4.78 is 0. The van der Waals surface area contributed by atoms with Gasteiger partial charge in [0.25, 0.3) is 0 Å². The standard InChI is InChI=1S/C10H21ClSi/c1-6-7-12(11)10(8(2)3)9(4)5/h6-10,12H,1-5H3. The highest BCUT2D eigenvalue weighted by molar-refractivity contribution is 7.10. The molecule has 0 spiro atoms. The second-order valence-electron chi connectivity index (χ2n) is 4.04. The van der Waals surface area contributed by atoms with Crippen molar-refractivity contribution >= 4 is 19.2 Å². The Kier molecular flexibility index (Phi) is 5.94. The van der Waals surface area contributed by atoms with Crippen molar-refractivity contribution in [2.24, 2.45) is 11.8 Å². The van der Waals surface area contributed by atoms with Crippen LogP contribution in [0.15, 0.2) is 11.8 Å². The van der Waals surface area contributed by atoms with Crippen LogP contribution in [0.3, 0.4) is 0 Å². The van der Waals surface area contributed by atoms with E-state index in [2.05, 4.69) is 46.4 Å². The second kappa shape index (κ2) is 5.82. The Hall–Kier alpha value is 0.247. The zero-order valence-electron chi connectivity index (χ0n) is 8.84. The molecule has 12 heavy (non-hydrogen) atoms. The van der Waals surface area contributed by atoms with Crippen LogP contribution < -0.4 is 0 Å². The molecule has 0 nitrogen and oxygen atoms in total. The SMILES string of the molecule is CC=C[SiH](Cl)C(C(C)C)C(C)C. The molecule has 0 fully saturated rings. The number of hydrogen-bond acceptors (Lipinski definition) is 0. The lowest BCUT2D eigenvalue weighted by Gasteiger charge is -2.26. The van der Waals surface area contributed by atoms with E-state index in [0.717, 1.165) is 17.4 Å². The van der Waals surface area contributed by atoms with Crippen LogP contribution in [0.2, 0.25) is 5.54 Å². The van der Waals surface area contributed by atoms with Crippen LogP contribution in [-0.4, -0.2) is 8.11 Å². The van der Waals surface area contributed by atoms with Crippen LogP contribution in [-0.2, 0) is 0 Å². The average molecular weight is 205 g/mol. The Labute approximate surface area is 83.3 Å². The minimum atomic E-state index is -1.14. The molecule has 0 aromatic heterocycles. The van der Waals surface area contributed by atoms with Crippen molar-refractivity contribution in [3.8, 4) is 0 Å². The number of hydrogen-bond donors (Lipinski definition) is 0. The number of rotatable bonds is 4. The predicted octanol–water partition coefficient (Wildman–Crippen LogP) is 3.75. The van der Waals surface area contributed by atoms with E-state index in [1.54, 1.807) is 0 Å². The van der Waals surface area contributed by atoms with Gasteiger partial charge in [-0.3, -0.25) is 0 Å². The van der Waals surface area contributed by atoms with E-state index in [1.807, 2.05) is 0 Å². The van der Waals surface area contributed by atoms with E-state index in [0.29, 0.717) is 0 Å². The first kappa shape index (κ1) is 12.2. The van der Waals surface area contributed by atoms with Crippen LogP contribution in [0.25, 0.3) is 0 Å². The third-order valence-corrected chi connectivity index (χ3v) is 6.62. The fourth-order valence-corrected chi connectivity index (χ4v) is 6.09. The summed E-state index contributed by atoms with van der Waals surface area (Å²) in [5.41, 5.74) is 2.95. The topological polar surface area (TPSA) is 0 Å². The molecule has 0 bridgehead atoms. The summed E-state index contributed by atoms with van der Waals surface area (Å²) in [6, 6.07) is 0. The lowest BCUT2D eigenvalue weighted by Crippen LogP contribution is -2.22. The lowest BCUT2D eigenvalue weighted by atomic mass is 10.00. The Morgan fingerprint density at radius 1 is 1.08 bits per heavy atom. The average Bonchev–Trinajstić information content (AvgIpc) is 1.85. The largest absolute Gasteiger partial charge is 0.167 e. The van der Waals surface area contributed by atoms with Gasteiger partial charge < -0.3 is 0 Å². The van der Waals surface area contributed by atoms with E-state index < -0.39 is 8.11 Å². The van der Waals surface area contributed by atoms with E-state index in [9.17, 15) is 0 Å². The fourth-order valence-electron chi connectivity index (χ4n) is 1.82. The van der Waals surface area contributed by atoms with Crippen molar-refractivity contribution in [1.82, 2.24) is 0 Å². The summed E-state index contributed by atoms with van der Waals surface area (Å²) in [7, 11) is -1.14. The van der Waals surface area contributed by atoms with E-state index >= 15 is 0 Å². The first-order chi connectivity index (χ1) is 5.50. The molecule has 0 radical (unpaired) electrons. The van der Waals surface area contributed by atoms with Gasteiger partial charge in [-0.15, -0.1) is 0 Å². The van der Waals surface area contributed by atoms with Gasteiger partial charge in [0, 0.05) is 0 Å². The molecule has 0 aromatic carbocycles. The Bertz CT molecular complexity index is 133. The van der Waals surface area contributed by atoms with Gasteiger partial charge in [0.15, 0.2) is 8.11 Å². The van der Waals surface area contributed by atoms with Crippen molar-refractivity contribution in [3.05, 3.63) is 11.8 Å². The summed E-state index contributed by atoms with van der Waals surface area (Å²) in [6.45, 7) is 11.2. The molecular formula is C10H21ClSi. The van der Waals surface area contributed by atoms with Gasteiger partial charge in [-0.2, -0.15) is 11.1 Å². The summed E-state index contributed by atoms with van der Waals surface area (Å²) in [4.78, 5) is 0. The van der Waals surface area contributed by atoms with Gasteiger partial charge in [-0.25, -0.2) is 0 Å².